The van der Waals surface area contributed by atoms with Gasteiger partial charge in [-0.15, -0.1) is 0 Å². The van der Waals surface area contributed by atoms with Crippen molar-refractivity contribution < 1.29 is 4.39 Å². The van der Waals surface area contributed by atoms with E-state index in [-0.39, 0.29) is 17.1 Å². The molecule has 5 aromatic rings. The van der Waals surface area contributed by atoms with E-state index in [4.69, 9.17) is 22.3 Å². The molecule has 3 N–H and O–H groups in total. The third-order valence-electron chi connectivity index (χ3n) is 5.51. The molecule has 182 valence electrons. The highest BCUT2D eigenvalue weighted by atomic mass is 35.5. The third kappa shape index (κ3) is 4.96. The Morgan fingerprint density at radius 1 is 1.00 bits per heavy atom. The zero-order valence-corrected chi connectivity index (χ0v) is 20.1. The van der Waals surface area contributed by atoms with Gasteiger partial charge in [-0.3, -0.25) is 9.36 Å². The lowest BCUT2D eigenvalue weighted by atomic mass is 10.2. The second kappa shape index (κ2) is 10.4. The number of nitrogens with two attached hydrogens (primary N) is 1. The van der Waals surface area contributed by atoms with Crippen LogP contribution in [0.1, 0.15) is 17.1 Å². The Kier molecular flexibility index (Phi) is 6.74. The van der Waals surface area contributed by atoms with Crippen LogP contribution in [0.3, 0.4) is 0 Å². The first-order chi connectivity index (χ1) is 18.0. The van der Waals surface area contributed by atoms with Crippen LogP contribution in [0.25, 0.3) is 16.6 Å². The second-order valence-corrected chi connectivity index (χ2v) is 8.29. The molecule has 0 radical (unpaired) electrons. The van der Waals surface area contributed by atoms with Gasteiger partial charge in [0.05, 0.1) is 21.6 Å². The lowest BCUT2D eigenvalue weighted by molar-refractivity contribution is 0.617. The molecule has 5 rings (SSSR count). The molecule has 0 spiro atoms. The molecular formula is C27H19ClFN7O. The predicted octanol–water partition coefficient (Wildman–Crippen LogP) is 4.00. The topological polar surface area (TPSA) is 112 Å². The second-order valence-electron chi connectivity index (χ2n) is 7.88. The normalized spacial score (nSPS) is 10.6. The summed E-state index contributed by atoms with van der Waals surface area (Å²) in [6, 6.07) is 17.2. The van der Waals surface area contributed by atoms with E-state index in [1.165, 1.54) is 24.7 Å². The van der Waals surface area contributed by atoms with Crippen molar-refractivity contribution in [3.8, 4) is 17.5 Å². The van der Waals surface area contributed by atoms with E-state index in [9.17, 15) is 9.18 Å². The highest BCUT2D eigenvalue weighted by molar-refractivity contribution is 6.35. The highest BCUT2D eigenvalue weighted by Gasteiger charge is 2.15. The fourth-order valence-electron chi connectivity index (χ4n) is 3.80. The number of hydrogen-bond acceptors (Lipinski definition) is 7. The minimum atomic E-state index is -0.540. The average Bonchev–Trinajstić information content (AvgIpc) is 2.90. The molecule has 2 aromatic carbocycles. The summed E-state index contributed by atoms with van der Waals surface area (Å²) in [5.74, 6) is 5.99. The van der Waals surface area contributed by atoms with E-state index in [1.54, 1.807) is 22.8 Å². The minimum absolute atomic E-state index is 0.0115. The molecule has 0 saturated carbocycles. The summed E-state index contributed by atoms with van der Waals surface area (Å²) < 4.78 is 15.5. The van der Waals surface area contributed by atoms with Crippen LogP contribution in [0, 0.1) is 17.7 Å². The largest absolute Gasteiger partial charge is 0.382 e. The van der Waals surface area contributed by atoms with E-state index < -0.39 is 5.82 Å². The number of benzene rings is 2. The number of fused-ring (bicyclic) bond motifs is 1. The lowest BCUT2D eigenvalue weighted by Gasteiger charge is -2.15. The number of nitrogens with one attached hydrogen (secondary N) is 1. The van der Waals surface area contributed by atoms with Gasteiger partial charge in [-0.25, -0.2) is 24.3 Å². The first-order valence-electron chi connectivity index (χ1n) is 11.3. The molecule has 3 aromatic heterocycles. The van der Waals surface area contributed by atoms with E-state index in [0.717, 1.165) is 0 Å². The Morgan fingerprint density at radius 2 is 1.84 bits per heavy atom. The number of pyridine rings is 1. The summed E-state index contributed by atoms with van der Waals surface area (Å²) in [5.41, 5.74) is 7.25. The SMILES string of the molecule is Nc1ncnc(NCCc2nc3cccc(Cl)c3c(=O)n2-c2ccccc2)c1C#Cc1ncccc1F. The van der Waals surface area contributed by atoms with Gasteiger partial charge in [-0.05, 0) is 42.3 Å². The number of hydrogen-bond donors (Lipinski definition) is 2. The molecule has 3 heterocycles. The quantitative estimate of drug-likeness (QED) is 0.343. The van der Waals surface area contributed by atoms with Gasteiger partial charge in [-0.1, -0.05) is 41.8 Å². The summed E-state index contributed by atoms with van der Waals surface area (Å²) in [6.45, 7) is 0.342. The van der Waals surface area contributed by atoms with Crippen molar-refractivity contribution in [1.29, 1.82) is 0 Å². The van der Waals surface area contributed by atoms with E-state index in [2.05, 4.69) is 32.1 Å². The van der Waals surface area contributed by atoms with Gasteiger partial charge in [0.25, 0.3) is 5.56 Å². The summed E-state index contributed by atoms with van der Waals surface area (Å²) in [4.78, 5) is 30.4. The molecule has 0 bridgehead atoms. The number of aromatic nitrogens is 5. The van der Waals surface area contributed by atoms with Crippen LogP contribution in [0.15, 0.2) is 78.0 Å². The third-order valence-corrected chi connectivity index (χ3v) is 5.83. The standard InChI is InChI=1S/C27H19ClFN7O/c28-19-8-4-10-22-24(19)27(37)36(17-6-2-1-3-7-17)23(35-22)13-15-32-26-18(25(30)33-16-34-26)11-12-21-20(29)9-5-14-31-21/h1-10,14,16H,13,15H2,(H3,30,32,33,34). The van der Waals surface area contributed by atoms with Crippen LogP contribution < -0.4 is 16.6 Å². The summed E-state index contributed by atoms with van der Waals surface area (Å²) in [6.07, 6.45) is 3.12. The Labute approximate surface area is 216 Å². The number of anilines is 2. The fourth-order valence-corrected chi connectivity index (χ4v) is 4.05. The van der Waals surface area contributed by atoms with E-state index in [1.807, 2.05) is 30.3 Å². The van der Waals surface area contributed by atoms with Crippen LogP contribution in [-0.2, 0) is 6.42 Å². The molecule has 0 saturated heterocycles. The van der Waals surface area contributed by atoms with Crippen LogP contribution in [0.4, 0.5) is 16.0 Å². The molecule has 37 heavy (non-hydrogen) atoms. The lowest BCUT2D eigenvalue weighted by Crippen LogP contribution is -2.25. The summed E-state index contributed by atoms with van der Waals surface area (Å²) >= 11 is 6.34. The molecule has 0 atom stereocenters. The maximum absolute atomic E-state index is 13.9. The molecule has 0 amide bonds. The van der Waals surface area contributed by atoms with Gasteiger partial charge in [-0.2, -0.15) is 0 Å². The maximum Gasteiger partial charge on any atom is 0.267 e. The number of nitrogens with zero attached hydrogens (tertiary/aromatic N) is 5. The Bertz CT molecular complexity index is 1730. The van der Waals surface area contributed by atoms with Crippen molar-refractivity contribution in [1.82, 2.24) is 24.5 Å². The zero-order valence-electron chi connectivity index (χ0n) is 19.3. The Morgan fingerprint density at radius 3 is 2.65 bits per heavy atom. The maximum atomic E-state index is 13.9. The average molecular weight is 512 g/mol. The van der Waals surface area contributed by atoms with Crippen LogP contribution in [0.5, 0.6) is 0 Å². The van der Waals surface area contributed by atoms with Gasteiger partial charge in [0.2, 0.25) is 0 Å². The van der Waals surface area contributed by atoms with Crippen LogP contribution >= 0.6 is 11.6 Å². The van der Waals surface area contributed by atoms with Gasteiger partial charge >= 0.3 is 0 Å². The molecule has 10 heteroatoms. The summed E-state index contributed by atoms with van der Waals surface area (Å²) in [5, 5.41) is 3.88. The van der Waals surface area contributed by atoms with Crippen LogP contribution in [0.2, 0.25) is 5.02 Å². The number of halogens is 2. The van der Waals surface area contributed by atoms with E-state index in [0.29, 0.717) is 51.8 Å². The van der Waals surface area contributed by atoms with Gasteiger partial charge < -0.3 is 11.1 Å². The van der Waals surface area contributed by atoms with Crippen molar-refractivity contribution in [3.05, 3.63) is 111 Å². The van der Waals surface area contributed by atoms with Crippen molar-refractivity contribution >= 4 is 34.1 Å². The number of nitrogen functional groups attached to an aromatic ring is 1. The number of para-hydroxylation sites is 1. The van der Waals surface area contributed by atoms with Crippen molar-refractivity contribution in [2.24, 2.45) is 0 Å². The van der Waals surface area contributed by atoms with Gasteiger partial charge in [0, 0.05) is 19.2 Å². The van der Waals surface area contributed by atoms with Crippen molar-refractivity contribution in [2.75, 3.05) is 17.6 Å². The van der Waals surface area contributed by atoms with Crippen molar-refractivity contribution in [2.45, 2.75) is 6.42 Å². The molecule has 0 unspecified atom stereocenters. The Balaban J connectivity index is 1.47. The molecule has 0 fully saturated rings. The fraction of sp³-hybridized carbons (Fsp3) is 0.0741. The molecule has 0 aliphatic carbocycles. The highest BCUT2D eigenvalue weighted by Crippen LogP contribution is 2.21. The molecule has 0 aliphatic rings. The zero-order chi connectivity index (χ0) is 25.8. The first-order valence-corrected chi connectivity index (χ1v) is 11.6. The van der Waals surface area contributed by atoms with Gasteiger partial charge in [0.1, 0.15) is 35.0 Å². The minimum Gasteiger partial charge on any atom is -0.382 e. The number of rotatable bonds is 5. The van der Waals surface area contributed by atoms with Crippen LogP contribution in [-0.4, -0.2) is 31.0 Å². The van der Waals surface area contributed by atoms with Crippen molar-refractivity contribution in [3.63, 3.8) is 0 Å². The molecule has 8 nitrogen and oxygen atoms in total. The van der Waals surface area contributed by atoms with Gasteiger partial charge in [0.15, 0.2) is 5.82 Å². The molecular weight excluding hydrogens is 493 g/mol. The molecule has 0 aliphatic heterocycles. The first kappa shape index (κ1) is 23.9. The Hall–Kier alpha value is -4.81. The van der Waals surface area contributed by atoms with E-state index >= 15 is 0 Å². The summed E-state index contributed by atoms with van der Waals surface area (Å²) in [7, 11) is 0. The monoisotopic (exact) mass is 511 g/mol. The smallest absolute Gasteiger partial charge is 0.267 e. The predicted molar refractivity (Wildman–Crippen MR) is 141 cm³/mol.